The molecule has 2 aliphatic rings. The lowest BCUT2D eigenvalue weighted by Crippen LogP contribution is -2.12. The molecule has 2 atom stereocenters. The Kier molecular flexibility index (Phi) is 2.70. The average molecular weight is 291 g/mol. The Morgan fingerprint density at radius 3 is 2.76 bits per heavy atom. The first-order valence-corrected chi connectivity index (χ1v) is 6.96. The summed E-state index contributed by atoms with van der Waals surface area (Å²) in [5, 5.41) is 0. The topological polar surface area (TPSA) is 17.1 Å². The molecule has 2 aliphatic carbocycles. The van der Waals surface area contributed by atoms with E-state index in [0.717, 1.165) is 22.9 Å². The van der Waals surface area contributed by atoms with E-state index < -0.39 is 0 Å². The van der Waals surface area contributed by atoms with Crippen LogP contribution in [0, 0.1) is 18.8 Å². The summed E-state index contributed by atoms with van der Waals surface area (Å²) in [6.45, 7) is 2.09. The predicted molar refractivity (Wildman–Crippen MR) is 72.7 cm³/mol. The molecule has 0 radical (unpaired) electrons. The zero-order valence-electron chi connectivity index (χ0n) is 9.87. The van der Waals surface area contributed by atoms with E-state index in [1.165, 1.54) is 17.5 Å². The highest BCUT2D eigenvalue weighted by Gasteiger charge is 2.42. The fourth-order valence-electron chi connectivity index (χ4n) is 3.06. The third-order valence-electron chi connectivity index (χ3n) is 4.08. The van der Waals surface area contributed by atoms with Gasteiger partial charge in [0.05, 0.1) is 0 Å². The maximum atomic E-state index is 12.1. The normalized spacial score (nSPS) is 29.3. The van der Waals surface area contributed by atoms with Gasteiger partial charge in [-0.25, -0.2) is 0 Å². The molecule has 2 bridgehead atoms. The molecular weight excluding hydrogens is 276 g/mol. The van der Waals surface area contributed by atoms with Crippen molar-refractivity contribution in [2.24, 2.45) is 11.8 Å². The fourth-order valence-corrected chi connectivity index (χ4v) is 3.44. The second kappa shape index (κ2) is 4.09. The van der Waals surface area contributed by atoms with E-state index in [2.05, 4.69) is 41.1 Å². The van der Waals surface area contributed by atoms with Gasteiger partial charge in [0.1, 0.15) is 0 Å². The maximum absolute atomic E-state index is 12.1. The first-order chi connectivity index (χ1) is 8.15. The lowest BCUT2D eigenvalue weighted by molar-refractivity contribution is -0.118. The summed E-state index contributed by atoms with van der Waals surface area (Å²) in [4.78, 5) is 12.1. The minimum absolute atomic E-state index is 0.332. The number of rotatable bonds is 1. The molecule has 0 heterocycles. The summed E-state index contributed by atoms with van der Waals surface area (Å²) >= 11 is 3.49. The van der Waals surface area contributed by atoms with E-state index in [1.54, 1.807) is 0 Å². The second-order valence-corrected chi connectivity index (χ2v) is 6.09. The van der Waals surface area contributed by atoms with Crippen molar-refractivity contribution in [1.82, 2.24) is 0 Å². The monoisotopic (exact) mass is 290 g/mol. The van der Waals surface area contributed by atoms with Gasteiger partial charge in [-0.1, -0.05) is 22.0 Å². The van der Waals surface area contributed by atoms with Crippen LogP contribution in [-0.2, 0) is 4.79 Å². The van der Waals surface area contributed by atoms with Gasteiger partial charge in [-0.15, -0.1) is 0 Å². The SMILES string of the molecule is Cc1ccc(Br)cc1/C=C1/C(=O)[C@H]2CC[C@@H]1C2. The lowest BCUT2D eigenvalue weighted by atomic mass is 9.91. The number of carbonyl (C=O) groups excluding carboxylic acids is 1. The highest BCUT2D eigenvalue weighted by molar-refractivity contribution is 9.10. The molecule has 88 valence electrons. The van der Waals surface area contributed by atoms with Gasteiger partial charge in [-0.05, 0) is 67.0 Å². The Labute approximate surface area is 110 Å². The van der Waals surface area contributed by atoms with Crippen molar-refractivity contribution in [1.29, 1.82) is 0 Å². The molecular formula is C15H15BrO. The Morgan fingerprint density at radius 2 is 2.06 bits per heavy atom. The van der Waals surface area contributed by atoms with E-state index in [9.17, 15) is 4.79 Å². The third-order valence-corrected chi connectivity index (χ3v) is 4.57. The number of aryl methyl sites for hydroxylation is 1. The zero-order valence-corrected chi connectivity index (χ0v) is 11.5. The third kappa shape index (κ3) is 1.89. The van der Waals surface area contributed by atoms with Gasteiger partial charge >= 0.3 is 0 Å². The van der Waals surface area contributed by atoms with Crippen molar-refractivity contribution >= 4 is 27.8 Å². The summed E-state index contributed by atoms with van der Waals surface area (Å²) in [6, 6.07) is 6.23. The Balaban J connectivity index is 2.01. The molecule has 1 nitrogen and oxygen atoms in total. The van der Waals surface area contributed by atoms with Crippen LogP contribution < -0.4 is 0 Å². The van der Waals surface area contributed by atoms with Crippen LogP contribution in [0.5, 0.6) is 0 Å². The molecule has 0 unspecified atom stereocenters. The van der Waals surface area contributed by atoms with Crippen LogP contribution in [0.3, 0.4) is 0 Å². The average Bonchev–Trinajstić information content (AvgIpc) is 2.87. The quantitative estimate of drug-likeness (QED) is 0.711. The summed E-state index contributed by atoms with van der Waals surface area (Å²) < 4.78 is 1.07. The molecule has 0 aromatic heterocycles. The molecule has 17 heavy (non-hydrogen) atoms. The predicted octanol–water partition coefficient (Wildman–Crippen LogP) is 4.14. The van der Waals surface area contributed by atoms with Crippen LogP contribution in [0.4, 0.5) is 0 Å². The standard InChI is InChI=1S/C15H15BrO/c1-9-2-5-13(16)7-12(9)8-14-10-3-4-11(6-10)15(14)17/h2,5,7-8,10-11H,3-4,6H2,1H3/b14-8+/t10-,11+/m1/s1. The van der Waals surface area contributed by atoms with Crippen LogP contribution in [-0.4, -0.2) is 5.78 Å². The number of hydrogen-bond donors (Lipinski definition) is 0. The number of hydrogen-bond acceptors (Lipinski definition) is 1. The van der Waals surface area contributed by atoms with Gasteiger partial charge in [0.15, 0.2) is 5.78 Å². The highest BCUT2D eigenvalue weighted by atomic mass is 79.9. The van der Waals surface area contributed by atoms with Crippen molar-refractivity contribution in [2.75, 3.05) is 0 Å². The van der Waals surface area contributed by atoms with Crippen LogP contribution in [0.15, 0.2) is 28.2 Å². The molecule has 2 fully saturated rings. The van der Waals surface area contributed by atoms with Crippen molar-refractivity contribution in [3.63, 3.8) is 0 Å². The minimum atomic E-state index is 0.332. The molecule has 2 heteroatoms. The summed E-state index contributed by atoms with van der Waals surface area (Å²) in [5.74, 6) is 1.27. The number of benzene rings is 1. The molecule has 3 rings (SSSR count). The number of ketones is 1. The van der Waals surface area contributed by atoms with Gasteiger partial charge in [-0.2, -0.15) is 0 Å². The second-order valence-electron chi connectivity index (χ2n) is 5.17. The van der Waals surface area contributed by atoms with Crippen molar-refractivity contribution in [2.45, 2.75) is 26.2 Å². The lowest BCUT2D eigenvalue weighted by Gasteiger charge is -2.12. The first-order valence-electron chi connectivity index (χ1n) is 6.17. The van der Waals surface area contributed by atoms with Crippen LogP contribution in [0.2, 0.25) is 0 Å². The Bertz CT molecular complexity index is 516. The van der Waals surface area contributed by atoms with Gasteiger partial charge in [-0.3, -0.25) is 4.79 Å². The van der Waals surface area contributed by atoms with E-state index in [1.807, 2.05) is 6.07 Å². The maximum Gasteiger partial charge on any atom is 0.162 e. The van der Waals surface area contributed by atoms with E-state index in [4.69, 9.17) is 0 Å². The van der Waals surface area contributed by atoms with Crippen LogP contribution >= 0.6 is 15.9 Å². The summed E-state index contributed by atoms with van der Waals surface area (Å²) in [5.41, 5.74) is 3.48. The van der Waals surface area contributed by atoms with Crippen LogP contribution in [0.1, 0.15) is 30.4 Å². The summed E-state index contributed by atoms with van der Waals surface area (Å²) in [6.07, 6.45) is 5.53. The highest BCUT2D eigenvalue weighted by Crippen LogP contribution is 2.46. The van der Waals surface area contributed by atoms with E-state index in [-0.39, 0.29) is 0 Å². The van der Waals surface area contributed by atoms with Gasteiger partial charge < -0.3 is 0 Å². The molecule has 0 aliphatic heterocycles. The van der Waals surface area contributed by atoms with Gasteiger partial charge in [0.2, 0.25) is 0 Å². The number of carbonyl (C=O) groups is 1. The Morgan fingerprint density at radius 1 is 1.29 bits per heavy atom. The molecule has 0 amide bonds. The number of halogens is 1. The van der Waals surface area contributed by atoms with E-state index >= 15 is 0 Å². The fraction of sp³-hybridized carbons (Fsp3) is 0.400. The van der Waals surface area contributed by atoms with Crippen molar-refractivity contribution < 1.29 is 4.79 Å². The van der Waals surface area contributed by atoms with Crippen LogP contribution in [0.25, 0.3) is 6.08 Å². The van der Waals surface area contributed by atoms with Crippen molar-refractivity contribution in [3.05, 3.63) is 39.4 Å². The number of Topliss-reactive ketones (excluding diaryl/α,β-unsaturated/α-hetero) is 1. The number of fused-ring (bicyclic) bond motifs is 2. The first kappa shape index (κ1) is 11.2. The molecule has 2 saturated carbocycles. The van der Waals surface area contributed by atoms with Gasteiger partial charge in [0.25, 0.3) is 0 Å². The zero-order chi connectivity index (χ0) is 12.0. The largest absolute Gasteiger partial charge is 0.294 e. The number of allylic oxidation sites excluding steroid dienone is 1. The minimum Gasteiger partial charge on any atom is -0.294 e. The molecule has 1 aromatic carbocycles. The Hall–Kier alpha value is -0.890. The molecule has 0 saturated heterocycles. The smallest absolute Gasteiger partial charge is 0.162 e. The molecule has 1 aromatic rings. The molecule has 0 N–H and O–H groups in total. The molecule has 0 spiro atoms. The van der Waals surface area contributed by atoms with Gasteiger partial charge in [0, 0.05) is 10.4 Å². The van der Waals surface area contributed by atoms with Crippen molar-refractivity contribution in [3.8, 4) is 0 Å². The van der Waals surface area contributed by atoms with E-state index in [0.29, 0.717) is 17.6 Å². The summed E-state index contributed by atoms with van der Waals surface area (Å²) in [7, 11) is 0.